The van der Waals surface area contributed by atoms with E-state index in [1.165, 1.54) is 12.8 Å². The van der Waals surface area contributed by atoms with Gasteiger partial charge in [-0.3, -0.25) is 4.68 Å². The first-order valence-electron chi connectivity index (χ1n) is 7.68. The number of methoxy groups -OCH3 is 1. The number of nitrogens with zero attached hydrogens (tertiary/aromatic N) is 2. The van der Waals surface area contributed by atoms with Crippen LogP contribution in [0.15, 0.2) is 6.20 Å². The van der Waals surface area contributed by atoms with E-state index in [2.05, 4.69) is 22.0 Å². The maximum Gasteiger partial charge on any atom is 0.161 e. The fourth-order valence-corrected chi connectivity index (χ4v) is 2.90. The van der Waals surface area contributed by atoms with Crippen molar-refractivity contribution in [1.82, 2.24) is 15.1 Å². The molecule has 2 unspecified atom stereocenters. The molecule has 1 aliphatic rings. The number of hydrogen-bond acceptors (Lipinski definition) is 4. The summed E-state index contributed by atoms with van der Waals surface area (Å²) >= 11 is 0. The molecule has 1 aromatic heterocycles. The summed E-state index contributed by atoms with van der Waals surface area (Å²) < 4.78 is 13.4. The van der Waals surface area contributed by atoms with E-state index in [4.69, 9.17) is 9.47 Å². The molecular formula is C15H27N3O2. The normalized spacial score (nSPS) is 20.9. The molecule has 1 aliphatic heterocycles. The molecule has 0 spiro atoms. The summed E-state index contributed by atoms with van der Waals surface area (Å²) in [6, 6.07) is 0.224. The fourth-order valence-electron chi connectivity index (χ4n) is 2.90. The third kappa shape index (κ3) is 3.52. The van der Waals surface area contributed by atoms with E-state index in [9.17, 15) is 0 Å². The Balaban J connectivity index is 2.14. The van der Waals surface area contributed by atoms with Gasteiger partial charge in [-0.2, -0.15) is 5.10 Å². The molecule has 1 N–H and O–H groups in total. The van der Waals surface area contributed by atoms with Crippen molar-refractivity contribution < 1.29 is 9.47 Å². The van der Waals surface area contributed by atoms with Crippen molar-refractivity contribution in [2.24, 2.45) is 0 Å². The molecule has 2 atom stereocenters. The summed E-state index contributed by atoms with van der Waals surface area (Å²) in [5, 5.41) is 7.85. The molecular weight excluding hydrogens is 254 g/mol. The van der Waals surface area contributed by atoms with Crippen LogP contribution in [0.5, 0.6) is 5.75 Å². The van der Waals surface area contributed by atoms with Crippen LogP contribution >= 0.6 is 0 Å². The third-order valence-corrected chi connectivity index (χ3v) is 3.95. The number of rotatable bonds is 7. The Morgan fingerprint density at radius 3 is 3.00 bits per heavy atom. The molecule has 0 amide bonds. The van der Waals surface area contributed by atoms with Crippen LogP contribution in [0.25, 0.3) is 0 Å². The van der Waals surface area contributed by atoms with Crippen LogP contribution in [-0.4, -0.2) is 36.6 Å². The van der Waals surface area contributed by atoms with Gasteiger partial charge in [0.1, 0.15) is 0 Å². The van der Waals surface area contributed by atoms with Crippen molar-refractivity contribution >= 4 is 0 Å². The van der Waals surface area contributed by atoms with Crippen LogP contribution < -0.4 is 10.1 Å². The Hall–Kier alpha value is -1.07. The molecule has 5 nitrogen and oxygen atoms in total. The van der Waals surface area contributed by atoms with Gasteiger partial charge in [0.15, 0.2) is 5.75 Å². The van der Waals surface area contributed by atoms with Crippen molar-refractivity contribution in [1.29, 1.82) is 0 Å². The standard InChI is InChI=1S/C15H27N3O2/c1-4-8-18-15(14(19-3)11-17-18)13(16-2)10-12-7-5-6-9-20-12/h11-13,16H,4-10H2,1-3H3. The summed E-state index contributed by atoms with van der Waals surface area (Å²) in [5.74, 6) is 0.869. The third-order valence-electron chi connectivity index (χ3n) is 3.95. The molecule has 20 heavy (non-hydrogen) atoms. The summed E-state index contributed by atoms with van der Waals surface area (Å²) in [7, 11) is 3.71. The second-order valence-electron chi connectivity index (χ2n) is 5.39. The molecule has 2 rings (SSSR count). The second-order valence-corrected chi connectivity index (χ2v) is 5.39. The molecule has 1 fully saturated rings. The number of nitrogens with one attached hydrogen (secondary N) is 1. The molecule has 0 saturated carbocycles. The Morgan fingerprint density at radius 1 is 1.55 bits per heavy atom. The monoisotopic (exact) mass is 281 g/mol. The van der Waals surface area contributed by atoms with E-state index in [0.29, 0.717) is 6.10 Å². The van der Waals surface area contributed by atoms with Crippen molar-refractivity contribution in [2.75, 3.05) is 20.8 Å². The van der Waals surface area contributed by atoms with Crippen molar-refractivity contribution in [3.63, 3.8) is 0 Å². The van der Waals surface area contributed by atoms with Gasteiger partial charge in [0, 0.05) is 13.2 Å². The molecule has 2 heterocycles. The summed E-state index contributed by atoms with van der Waals surface area (Å²) in [6.45, 7) is 3.98. The van der Waals surface area contributed by atoms with Gasteiger partial charge in [0.25, 0.3) is 0 Å². The van der Waals surface area contributed by atoms with Gasteiger partial charge in [0.05, 0.1) is 31.1 Å². The first-order valence-corrected chi connectivity index (χ1v) is 7.68. The average Bonchev–Trinajstić information content (AvgIpc) is 2.89. The Bertz CT molecular complexity index is 400. The first kappa shape index (κ1) is 15.3. The molecule has 0 radical (unpaired) electrons. The maximum atomic E-state index is 5.87. The molecule has 114 valence electrons. The molecule has 1 saturated heterocycles. The summed E-state index contributed by atoms with van der Waals surface area (Å²) in [6.07, 6.45) is 7.82. The number of ether oxygens (including phenoxy) is 2. The van der Waals surface area contributed by atoms with Crippen LogP contribution in [0.3, 0.4) is 0 Å². The van der Waals surface area contributed by atoms with Crippen LogP contribution in [0.2, 0.25) is 0 Å². The quantitative estimate of drug-likeness (QED) is 0.834. The van der Waals surface area contributed by atoms with Gasteiger partial charge in [-0.15, -0.1) is 0 Å². The second kappa shape index (κ2) is 7.64. The van der Waals surface area contributed by atoms with E-state index in [-0.39, 0.29) is 6.04 Å². The van der Waals surface area contributed by atoms with Crippen LogP contribution in [0.4, 0.5) is 0 Å². The number of hydrogen-bond donors (Lipinski definition) is 1. The Labute approximate surface area is 121 Å². The van der Waals surface area contributed by atoms with Gasteiger partial charge in [0.2, 0.25) is 0 Å². The Morgan fingerprint density at radius 2 is 2.40 bits per heavy atom. The lowest BCUT2D eigenvalue weighted by atomic mass is 9.99. The number of aryl methyl sites for hydroxylation is 1. The van der Waals surface area contributed by atoms with E-state index >= 15 is 0 Å². The lowest BCUT2D eigenvalue weighted by molar-refractivity contribution is 0.00484. The summed E-state index contributed by atoms with van der Waals surface area (Å²) in [4.78, 5) is 0. The zero-order chi connectivity index (χ0) is 14.4. The number of aromatic nitrogens is 2. The molecule has 0 aliphatic carbocycles. The molecule has 1 aromatic rings. The van der Waals surface area contributed by atoms with Gasteiger partial charge in [-0.1, -0.05) is 6.92 Å². The van der Waals surface area contributed by atoms with E-state index in [1.807, 2.05) is 13.2 Å². The largest absolute Gasteiger partial charge is 0.493 e. The van der Waals surface area contributed by atoms with Gasteiger partial charge >= 0.3 is 0 Å². The predicted molar refractivity (Wildman–Crippen MR) is 79.1 cm³/mol. The first-order chi connectivity index (χ1) is 9.80. The van der Waals surface area contributed by atoms with Gasteiger partial charge in [-0.05, 0) is 39.2 Å². The Kier molecular flexibility index (Phi) is 5.86. The van der Waals surface area contributed by atoms with E-state index in [0.717, 1.165) is 43.9 Å². The highest BCUT2D eigenvalue weighted by atomic mass is 16.5. The highest BCUT2D eigenvalue weighted by Gasteiger charge is 2.25. The highest BCUT2D eigenvalue weighted by molar-refractivity contribution is 5.28. The zero-order valence-electron chi connectivity index (χ0n) is 12.9. The van der Waals surface area contributed by atoms with Crippen LogP contribution in [0.1, 0.15) is 50.8 Å². The minimum atomic E-state index is 0.224. The highest BCUT2D eigenvalue weighted by Crippen LogP contribution is 2.30. The topological polar surface area (TPSA) is 48.3 Å². The maximum absolute atomic E-state index is 5.87. The van der Waals surface area contributed by atoms with E-state index < -0.39 is 0 Å². The molecule has 0 aromatic carbocycles. The molecule has 0 bridgehead atoms. The smallest absolute Gasteiger partial charge is 0.161 e. The minimum absolute atomic E-state index is 0.224. The lowest BCUT2D eigenvalue weighted by Gasteiger charge is -2.27. The molecule has 5 heteroatoms. The van der Waals surface area contributed by atoms with Gasteiger partial charge in [-0.25, -0.2) is 0 Å². The zero-order valence-corrected chi connectivity index (χ0v) is 12.9. The van der Waals surface area contributed by atoms with Gasteiger partial charge < -0.3 is 14.8 Å². The fraction of sp³-hybridized carbons (Fsp3) is 0.800. The van der Waals surface area contributed by atoms with Crippen molar-refractivity contribution in [3.05, 3.63) is 11.9 Å². The SMILES string of the molecule is CCCn1ncc(OC)c1C(CC1CCCCO1)NC. The van der Waals surface area contributed by atoms with Crippen molar-refractivity contribution in [3.8, 4) is 5.75 Å². The van der Waals surface area contributed by atoms with E-state index in [1.54, 1.807) is 7.11 Å². The van der Waals surface area contributed by atoms with Crippen LogP contribution in [0, 0.1) is 0 Å². The average molecular weight is 281 g/mol. The van der Waals surface area contributed by atoms with Crippen molar-refractivity contribution in [2.45, 2.75) is 57.7 Å². The predicted octanol–water partition coefficient (Wildman–Crippen LogP) is 2.52. The minimum Gasteiger partial charge on any atom is -0.493 e. The van der Waals surface area contributed by atoms with Crippen LogP contribution in [-0.2, 0) is 11.3 Å². The summed E-state index contributed by atoms with van der Waals surface area (Å²) in [5.41, 5.74) is 1.14. The lowest BCUT2D eigenvalue weighted by Crippen LogP contribution is -2.28.